The minimum absolute atomic E-state index is 0.249. The predicted molar refractivity (Wildman–Crippen MR) is 95.2 cm³/mol. The summed E-state index contributed by atoms with van der Waals surface area (Å²) < 4.78 is 19.5. The number of carbonyl (C=O) groups is 1. The maximum absolute atomic E-state index is 13.2. The van der Waals surface area contributed by atoms with E-state index in [1.807, 2.05) is 30.3 Å². The van der Waals surface area contributed by atoms with Crippen molar-refractivity contribution in [1.82, 2.24) is 14.6 Å². The van der Waals surface area contributed by atoms with Gasteiger partial charge in [-0.15, -0.1) is 0 Å². The fraction of sp³-hybridized carbons (Fsp3) is 0.0500. The van der Waals surface area contributed by atoms with Crippen molar-refractivity contribution >= 4 is 11.6 Å². The van der Waals surface area contributed by atoms with Crippen LogP contribution in [0.1, 0.15) is 10.5 Å². The molecule has 26 heavy (non-hydrogen) atoms. The van der Waals surface area contributed by atoms with Gasteiger partial charge in [0.25, 0.3) is 0 Å². The molecule has 0 fully saturated rings. The topological polar surface area (TPSA) is 56.5 Å². The Morgan fingerprint density at radius 3 is 2.35 bits per heavy atom. The highest BCUT2D eigenvalue weighted by atomic mass is 19.1. The lowest BCUT2D eigenvalue weighted by atomic mass is 10.1. The van der Waals surface area contributed by atoms with Crippen LogP contribution in [0.5, 0.6) is 0 Å². The number of aromatic nitrogens is 3. The Labute approximate surface area is 148 Å². The van der Waals surface area contributed by atoms with Gasteiger partial charge < -0.3 is 4.74 Å². The van der Waals surface area contributed by atoms with E-state index in [-0.39, 0.29) is 11.5 Å². The Kier molecular flexibility index (Phi) is 3.93. The van der Waals surface area contributed by atoms with Crippen LogP contribution in [0.25, 0.3) is 28.2 Å². The van der Waals surface area contributed by atoms with Gasteiger partial charge in [-0.05, 0) is 30.3 Å². The van der Waals surface area contributed by atoms with E-state index in [1.54, 1.807) is 24.3 Å². The number of nitrogens with zero attached hydrogens (tertiary/aromatic N) is 3. The Bertz CT molecular complexity index is 1090. The third-order valence-corrected chi connectivity index (χ3v) is 4.03. The van der Waals surface area contributed by atoms with Gasteiger partial charge >= 0.3 is 5.97 Å². The van der Waals surface area contributed by atoms with Crippen LogP contribution in [-0.2, 0) is 4.74 Å². The molecule has 0 aliphatic carbocycles. The van der Waals surface area contributed by atoms with E-state index in [1.165, 1.54) is 23.8 Å². The summed E-state index contributed by atoms with van der Waals surface area (Å²) in [6, 6.07) is 18.9. The van der Waals surface area contributed by atoms with Crippen molar-refractivity contribution in [3.8, 4) is 22.5 Å². The number of esters is 1. The summed E-state index contributed by atoms with van der Waals surface area (Å²) >= 11 is 0. The van der Waals surface area contributed by atoms with E-state index in [0.717, 1.165) is 5.56 Å². The van der Waals surface area contributed by atoms with E-state index in [9.17, 15) is 9.18 Å². The van der Waals surface area contributed by atoms with Crippen LogP contribution >= 0.6 is 0 Å². The number of fused-ring (bicyclic) bond motifs is 1. The predicted octanol–water partition coefficient (Wildman–Crippen LogP) is 3.99. The second-order valence-electron chi connectivity index (χ2n) is 5.69. The molecular formula is C20H14FN3O2. The number of rotatable bonds is 3. The van der Waals surface area contributed by atoms with Crippen molar-refractivity contribution < 1.29 is 13.9 Å². The zero-order valence-corrected chi connectivity index (χ0v) is 13.9. The molecule has 0 atom stereocenters. The van der Waals surface area contributed by atoms with E-state index in [4.69, 9.17) is 4.74 Å². The van der Waals surface area contributed by atoms with Crippen LogP contribution in [0.15, 0.2) is 66.7 Å². The lowest BCUT2D eigenvalue weighted by molar-refractivity contribution is 0.0590. The molecule has 2 heterocycles. The van der Waals surface area contributed by atoms with Crippen LogP contribution in [-0.4, -0.2) is 27.7 Å². The average Bonchev–Trinajstić information content (AvgIpc) is 3.12. The van der Waals surface area contributed by atoms with Gasteiger partial charge in [0.15, 0.2) is 11.3 Å². The minimum atomic E-state index is -0.525. The second kappa shape index (κ2) is 6.40. The first-order valence-electron chi connectivity index (χ1n) is 7.96. The van der Waals surface area contributed by atoms with E-state index < -0.39 is 5.97 Å². The Morgan fingerprint density at radius 2 is 1.65 bits per heavy atom. The molecule has 0 N–H and O–H groups in total. The summed E-state index contributed by atoms with van der Waals surface area (Å²) in [5, 5.41) is 4.49. The highest BCUT2D eigenvalue weighted by molar-refractivity contribution is 5.90. The Hall–Kier alpha value is -3.54. The van der Waals surface area contributed by atoms with E-state index in [2.05, 4.69) is 10.1 Å². The molecule has 6 heteroatoms. The van der Waals surface area contributed by atoms with Gasteiger partial charge in [-0.25, -0.2) is 18.7 Å². The van der Waals surface area contributed by atoms with E-state index in [0.29, 0.717) is 22.6 Å². The molecule has 0 aliphatic heterocycles. The van der Waals surface area contributed by atoms with Gasteiger partial charge in [-0.1, -0.05) is 30.3 Å². The molecule has 128 valence electrons. The van der Waals surface area contributed by atoms with Crippen molar-refractivity contribution in [3.05, 3.63) is 78.2 Å². The molecule has 0 amide bonds. The largest absolute Gasteiger partial charge is 0.464 e. The van der Waals surface area contributed by atoms with Crippen LogP contribution in [0.4, 0.5) is 4.39 Å². The summed E-state index contributed by atoms with van der Waals surface area (Å²) in [4.78, 5) is 16.8. The molecule has 0 saturated heterocycles. The van der Waals surface area contributed by atoms with Crippen molar-refractivity contribution in [1.29, 1.82) is 0 Å². The number of hydrogen-bond donors (Lipinski definition) is 0. The third-order valence-electron chi connectivity index (χ3n) is 4.03. The zero-order valence-electron chi connectivity index (χ0n) is 13.9. The summed E-state index contributed by atoms with van der Waals surface area (Å²) in [5.74, 6) is -0.859. The van der Waals surface area contributed by atoms with Crippen molar-refractivity contribution in [2.75, 3.05) is 7.11 Å². The lowest BCUT2D eigenvalue weighted by Gasteiger charge is -2.06. The normalized spacial score (nSPS) is 10.8. The highest BCUT2D eigenvalue weighted by Gasteiger charge is 2.17. The fourth-order valence-corrected chi connectivity index (χ4v) is 2.74. The fourth-order valence-electron chi connectivity index (χ4n) is 2.74. The number of methoxy groups -OCH3 is 1. The first kappa shape index (κ1) is 16.0. The van der Waals surface area contributed by atoms with Crippen molar-refractivity contribution in [2.45, 2.75) is 0 Å². The summed E-state index contributed by atoms with van der Waals surface area (Å²) in [6.45, 7) is 0. The molecule has 0 unspecified atom stereocenters. The summed E-state index contributed by atoms with van der Waals surface area (Å²) in [6.07, 6.45) is 0. The van der Waals surface area contributed by atoms with Crippen LogP contribution in [0.3, 0.4) is 0 Å². The molecule has 0 spiro atoms. The standard InChI is InChI=1S/C20H14FN3O2/c1-26-20(25)18-11-16(14-7-9-15(21)10-8-14)22-19-12-17(23-24(18)19)13-5-3-2-4-6-13/h2-12H,1H3. The number of ether oxygens (including phenoxy) is 1. The van der Waals surface area contributed by atoms with Crippen molar-refractivity contribution in [3.63, 3.8) is 0 Å². The van der Waals surface area contributed by atoms with Gasteiger partial charge in [0.1, 0.15) is 5.82 Å². The molecule has 0 saturated carbocycles. The molecule has 2 aromatic heterocycles. The van der Waals surface area contributed by atoms with Gasteiger partial charge in [-0.2, -0.15) is 5.10 Å². The molecule has 5 nitrogen and oxygen atoms in total. The Balaban J connectivity index is 1.93. The molecule has 0 aliphatic rings. The van der Waals surface area contributed by atoms with Crippen LogP contribution < -0.4 is 0 Å². The molecular weight excluding hydrogens is 333 g/mol. The smallest absolute Gasteiger partial charge is 0.356 e. The number of carbonyl (C=O) groups excluding carboxylic acids is 1. The third kappa shape index (κ3) is 2.82. The highest BCUT2D eigenvalue weighted by Crippen LogP contribution is 2.24. The molecule has 4 rings (SSSR count). The molecule has 2 aromatic carbocycles. The number of hydrogen-bond acceptors (Lipinski definition) is 4. The summed E-state index contributed by atoms with van der Waals surface area (Å²) in [5.41, 5.74) is 3.60. The van der Waals surface area contributed by atoms with Gasteiger partial charge in [0, 0.05) is 17.2 Å². The number of benzene rings is 2. The van der Waals surface area contributed by atoms with Gasteiger partial charge in [0.05, 0.1) is 18.5 Å². The maximum Gasteiger partial charge on any atom is 0.356 e. The number of halogens is 1. The molecule has 0 radical (unpaired) electrons. The van der Waals surface area contributed by atoms with Gasteiger partial charge in [-0.3, -0.25) is 0 Å². The van der Waals surface area contributed by atoms with Crippen LogP contribution in [0, 0.1) is 5.82 Å². The van der Waals surface area contributed by atoms with Crippen molar-refractivity contribution in [2.24, 2.45) is 0 Å². The van der Waals surface area contributed by atoms with Crippen LogP contribution in [0.2, 0.25) is 0 Å². The maximum atomic E-state index is 13.2. The first-order chi connectivity index (χ1) is 12.7. The summed E-state index contributed by atoms with van der Waals surface area (Å²) in [7, 11) is 1.31. The monoisotopic (exact) mass is 347 g/mol. The van der Waals surface area contributed by atoms with Gasteiger partial charge in [0.2, 0.25) is 0 Å². The second-order valence-corrected chi connectivity index (χ2v) is 5.69. The zero-order chi connectivity index (χ0) is 18.1. The first-order valence-corrected chi connectivity index (χ1v) is 7.96. The lowest BCUT2D eigenvalue weighted by Crippen LogP contribution is -2.10. The molecule has 0 bridgehead atoms. The average molecular weight is 347 g/mol. The minimum Gasteiger partial charge on any atom is -0.464 e. The SMILES string of the molecule is COC(=O)c1cc(-c2ccc(F)cc2)nc2cc(-c3ccccc3)nn12. The Morgan fingerprint density at radius 1 is 0.962 bits per heavy atom. The van der Waals surface area contributed by atoms with E-state index >= 15 is 0 Å². The quantitative estimate of drug-likeness (QED) is 0.526. The molecule has 4 aromatic rings.